The Morgan fingerprint density at radius 1 is 1.07 bits per heavy atom. The van der Waals surface area contributed by atoms with Gasteiger partial charge in [-0.15, -0.1) is 0 Å². The topological polar surface area (TPSA) is 148 Å². The van der Waals surface area contributed by atoms with Gasteiger partial charge in [0.15, 0.2) is 17.2 Å². The van der Waals surface area contributed by atoms with Gasteiger partial charge in [0, 0.05) is 25.2 Å². The maximum absolute atomic E-state index is 12.5. The van der Waals surface area contributed by atoms with Crippen molar-refractivity contribution in [2.75, 3.05) is 26.2 Å². The molecule has 1 aromatic carbocycles. The molecule has 3 amide bonds. The Bertz CT molecular complexity index is 773. The van der Waals surface area contributed by atoms with Gasteiger partial charge in [0.25, 0.3) is 5.91 Å². The number of carbonyl (C=O) groups is 3. The summed E-state index contributed by atoms with van der Waals surface area (Å²) >= 11 is 0. The predicted octanol–water partition coefficient (Wildman–Crippen LogP) is 1.30. The normalized spacial score (nSPS) is 14.8. The van der Waals surface area contributed by atoms with E-state index in [-0.39, 0.29) is 29.8 Å². The van der Waals surface area contributed by atoms with Crippen LogP contribution in [-0.4, -0.2) is 69.9 Å². The number of nitrogens with zero attached hydrogens (tertiary/aromatic N) is 1. The molecule has 0 spiro atoms. The van der Waals surface area contributed by atoms with Gasteiger partial charge in [-0.2, -0.15) is 0 Å². The monoisotopic (exact) mass is 423 g/mol. The van der Waals surface area contributed by atoms with E-state index in [0.29, 0.717) is 32.5 Å². The highest BCUT2D eigenvalue weighted by atomic mass is 16.6. The molecule has 166 valence electrons. The number of hydrogen-bond donors (Lipinski definition) is 5. The average Bonchev–Trinajstić information content (AvgIpc) is 2.67. The number of phenols is 3. The van der Waals surface area contributed by atoms with Gasteiger partial charge in [0.1, 0.15) is 5.60 Å². The lowest BCUT2D eigenvalue weighted by Gasteiger charge is -2.32. The smallest absolute Gasteiger partial charge is 0.408 e. The van der Waals surface area contributed by atoms with Crippen molar-refractivity contribution >= 4 is 17.9 Å². The molecule has 0 aliphatic carbocycles. The Balaban J connectivity index is 1.74. The predicted molar refractivity (Wildman–Crippen MR) is 107 cm³/mol. The molecule has 5 N–H and O–H groups in total. The summed E-state index contributed by atoms with van der Waals surface area (Å²) in [6, 6.07) is 2.22. The number of carbonyl (C=O) groups excluding carboxylic acids is 3. The molecule has 1 aliphatic rings. The quantitative estimate of drug-likeness (QED) is 0.448. The number of alkyl carbamates (subject to hydrolysis) is 1. The third kappa shape index (κ3) is 6.71. The largest absolute Gasteiger partial charge is 0.504 e. The van der Waals surface area contributed by atoms with Crippen LogP contribution in [0.1, 0.15) is 44.0 Å². The average molecular weight is 423 g/mol. The first-order valence-electron chi connectivity index (χ1n) is 9.74. The summed E-state index contributed by atoms with van der Waals surface area (Å²) in [6.45, 7) is 6.36. The lowest BCUT2D eigenvalue weighted by molar-refractivity contribution is -0.120. The third-order valence-electron chi connectivity index (χ3n) is 4.60. The van der Waals surface area contributed by atoms with Crippen LogP contribution in [0, 0.1) is 5.92 Å². The number of phenolic OH excluding ortho intramolecular Hbond substituents is 3. The van der Waals surface area contributed by atoms with Crippen molar-refractivity contribution < 1.29 is 34.4 Å². The third-order valence-corrected chi connectivity index (χ3v) is 4.60. The highest BCUT2D eigenvalue weighted by molar-refractivity contribution is 5.95. The van der Waals surface area contributed by atoms with Gasteiger partial charge >= 0.3 is 6.09 Å². The first kappa shape index (κ1) is 23.1. The molecule has 0 bridgehead atoms. The minimum absolute atomic E-state index is 0.0859. The maximum Gasteiger partial charge on any atom is 0.408 e. The van der Waals surface area contributed by atoms with E-state index in [9.17, 15) is 29.7 Å². The molecule has 2 rings (SSSR count). The number of piperidine rings is 1. The lowest BCUT2D eigenvalue weighted by Crippen LogP contribution is -2.44. The molecule has 1 fully saturated rings. The van der Waals surface area contributed by atoms with E-state index in [1.165, 1.54) is 0 Å². The fraction of sp³-hybridized carbons (Fsp3) is 0.550. The number of nitrogens with one attached hydrogen (secondary N) is 2. The Labute approximate surface area is 174 Å². The summed E-state index contributed by atoms with van der Waals surface area (Å²) < 4.78 is 5.06. The molecule has 10 nitrogen and oxygen atoms in total. The zero-order valence-corrected chi connectivity index (χ0v) is 17.4. The molecule has 1 heterocycles. The van der Waals surface area contributed by atoms with Crippen LogP contribution in [0.3, 0.4) is 0 Å². The van der Waals surface area contributed by atoms with E-state index in [4.69, 9.17) is 4.74 Å². The highest BCUT2D eigenvalue weighted by Gasteiger charge is 2.25. The van der Waals surface area contributed by atoms with Crippen LogP contribution in [0.2, 0.25) is 0 Å². The molecule has 0 atom stereocenters. The van der Waals surface area contributed by atoms with Gasteiger partial charge in [-0.05, 0) is 51.7 Å². The summed E-state index contributed by atoms with van der Waals surface area (Å²) in [5.41, 5.74) is -0.549. The minimum atomic E-state index is -0.665. The standard InChI is InChI=1S/C20H29N3O7/c1-20(2,3)30-19(29)22-11-16(26)21-10-12-4-6-23(7-5-12)18(28)13-8-14(24)17(27)15(25)9-13/h8-9,12,24-25,27H,4-7,10-11H2,1-3H3,(H,21,26)(H,22,29). The fourth-order valence-corrected chi connectivity index (χ4v) is 3.04. The van der Waals surface area contributed by atoms with Gasteiger partial charge in [-0.3, -0.25) is 9.59 Å². The second-order valence-electron chi connectivity index (χ2n) is 8.26. The molecule has 1 aliphatic heterocycles. The fourth-order valence-electron chi connectivity index (χ4n) is 3.04. The van der Waals surface area contributed by atoms with Crippen molar-refractivity contribution in [3.63, 3.8) is 0 Å². The van der Waals surface area contributed by atoms with Crippen LogP contribution in [0.15, 0.2) is 12.1 Å². The van der Waals surface area contributed by atoms with E-state index in [0.717, 1.165) is 12.1 Å². The van der Waals surface area contributed by atoms with Crippen molar-refractivity contribution in [3.8, 4) is 17.2 Å². The second-order valence-corrected chi connectivity index (χ2v) is 8.26. The summed E-state index contributed by atoms with van der Waals surface area (Å²) in [5.74, 6) is -2.28. The Hall–Kier alpha value is -3.17. The molecule has 0 saturated carbocycles. The summed E-state index contributed by atoms with van der Waals surface area (Å²) in [5, 5.41) is 33.7. The van der Waals surface area contributed by atoms with Gasteiger partial charge in [0.05, 0.1) is 6.54 Å². The van der Waals surface area contributed by atoms with Gasteiger partial charge in [-0.25, -0.2) is 4.79 Å². The van der Waals surface area contributed by atoms with Crippen LogP contribution in [0.25, 0.3) is 0 Å². The molecule has 0 radical (unpaired) electrons. The summed E-state index contributed by atoms with van der Waals surface area (Å²) in [4.78, 5) is 37.6. The minimum Gasteiger partial charge on any atom is -0.504 e. The zero-order chi connectivity index (χ0) is 22.5. The maximum atomic E-state index is 12.5. The van der Waals surface area contributed by atoms with Gasteiger partial charge in [-0.1, -0.05) is 0 Å². The zero-order valence-electron chi connectivity index (χ0n) is 17.4. The SMILES string of the molecule is CC(C)(C)OC(=O)NCC(=O)NCC1CCN(C(=O)c2cc(O)c(O)c(O)c2)CC1. The van der Waals surface area contributed by atoms with E-state index in [1.54, 1.807) is 25.7 Å². The molecule has 0 aromatic heterocycles. The molecule has 1 saturated heterocycles. The number of rotatable bonds is 5. The lowest BCUT2D eigenvalue weighted by atomic mass is 9.96. The number of amides is 3. The number of aromatic hydroxyl groups is 3. The first-order valence-corrected chi connectivity index (χ1v) is 9.74. The Kier molecular flexibility index (Phi) is 7.36. The Morgan fingerprint density at radius 3 is 2.17 bits per heavy atom. The summed E-state index contributed by atoms with van der Waals surface area (Å²) in [6.07, 6.45) is 0.680. The highest BCUT2D eigenvalue weighted by Crippen LogP contribution is 2.36. The van der Waals surface area contributed by atoms with Crippen LogP contribution >= 0.6 is 0 Å². The summed E-state index contributed by atoms with van der Waals surface area (Å²) in [7, 11) is 0. The van der Waals surface area contributed by atoms with E-state index in [1.807, 2.05) is 0 Å². The van der Waals surface area contributed by atoms with E-state index < -0.39 is 28.9 Å². The van der Waals surface area contributed by atoms with E-state index >= 15 is 0 Å². The molecule has 1 aromatic rings. The van der Waals surface area contributed by atoms with Crippen LogP contribution < -0.4 is 10.6 Å². The van der Waals surface area contributed by atoms with Crippen molar-refractivity contribution in [2.24, 2.45) is 5.92 Å². The number of likely N-dealkylation sites (tertiary alicyclic amines) is 1. The molecular formula is C20H29N3O7. The molecular weight excluding hydrogens is 394 g/mol. The van der Waals surface area contributed by atoms with Crippen molar-refractivity contribution in [1.82, 2.24) is 15.5 Å². The molecule has 30 heavy (non-hydrogen) atoms. The van der Waals surface area contributed by atoms with Crippen molar-refractivity contribution in [2.45, 2.75) is 39.2 Å². The van der Waals surface area contributed by atoms with Gasteiger partial charge < -0.3 is 35.6 Å². The van der Waals surface area contributed by atoms with Crippen LogP contribution in [-0.2, 0) is 9.53 Å². The van der Waals surface area contributed by atoms with Crippen LogP contribution in [0.4, 0.5) is 4.79 Å². The Morgan fingerprint density at radius 2 is 1.63 bits per heavy atom. The van der Waals surface area contributed by atoms with Crippen molar-refractivity contribution in [3.05, 3.63) is 17.7 Å². The number of benzene rings is 1. The second kappa shape index (κ2) is 9.55. The molecule has 10 heteroatoms. The van der Waals surface area contributed by atoms with Crippen molar-refractivity contribution in [1.29, 1.82) is 0 Å². The number of hydrogen-bond acceptors (Lipinski definition) is 7. The molecule has 0 unspecified atom stereocenters. The number of ether oxygens (including phenoxy) is 1. The van der Waals surface area contributed by atoms with Gasteiger partial charge in [0.2, 0.25) is 5.91 Å². The van der Waals surface area contributed by atoms with Crippen LogP contribution in [0.5, 0.6) is 17.2 Å². The first-order chi connectivity index (χ1) is 14.0. The van der Waals surface area contributed by atoms with E-state index in [2.05, 4.69) is 10.6 Å².